The van der Waals surface area contributed by atoms with E-state index >= 15 is 0 Å². The zero-order valence-corrected chi connectivity index (χ0v) is 5.93. The standard InChI is InChI=1S/C6H16N2O/c1-6(7)2-3-8-4-5-9/h6,8-9H,2-5,7H2,1H3. The van der Waals surface area contributed by atoms with Crippen LogP contribution < -0.4 is 11.1 Å². The molecule has 0 saturated carbocycles. The van der Waals surface area contributed by atoms with E-state index in [1.807, 2.05) is 6.92 Å². The zero-order chi connectivity index (χ0) is 7.11. The highest BCUT2D eigenvalue weighted by molar-refractivity contribution is 4.54. The highest BCUT2D eigenvalue weighted by atomic mass is 16.3. The molecule has 0 spiro atoms. The van der Waals surface area contributed by atoms with Crippen LogP contribution in [-0.4, -0.2) is 30.8 Å². The highest BCUT2D eigenvalue weighted by Gasteiger charge is 1.90. The van der Waals surface area contributed by atoms with Gasteiger partial charge >= 0.3 is 0 Å². The van der Waals surface area contributed by atoms with Crippen molar-refractivity contribution in [3.63, 3.8) is 0 Å². The van der Waals surface area contributed by atoms with E-state index < -0.39 is 0 Å². The van der Waals surface area contributed by atoms with E-state index in [1.165, 1.54) is 0 Å². The number of rotatable bonds is 5. The van der Waals surface area contributed by atoms with Crippen LogP contribution >= 0.6 is 0 Å². The van der Waals surface area contributed by atoms with Gasteiger partial charge in [-0.15, -0.1) is 0 Å². The molecular formula is C6H16N2O. The Labute approximate surface area is 56.2 Å². The first-order valence-electron chi connectivity index (χ1n) is 3.34. The molecule has 0 aromatic carbocycles. The summed E-state index contributed by atoms with van der Waals surface area (Å²) >= 11 is 0. The van der Waals surface area contributed by atoms with Crippen molar-refractivity contribution in [1.29, 1.82) is 0 Å². The molecule has 0 heterocycles. The van der Waals surface area contributed by atoms with Crippen LogP contribution in [0.3, 0.4) is 0 Å². The molecule has 0 aliphatic carbocycles. The Balaban J connectivity index is 2.75. The third-order valence-corrected chi connectivity index (χ3v) is 1.07. The maximum Gasteiger partial charge on any atom is 0.0555 e. The second-order valence-corrected chi connectivity index (χ2v) is 2.24. The van der Waals surface area contributed by atoms with Gasteiger partial charge in [0.1, 0.15) is 0 Å². The largest absolute Gasteiger partial charge is 0.395 e. The van der Waals surface area contributed by atoms with Crippen LogP contribution in [-0.2, 0) is 0 Å². The van der Waals surface area contributed by atoms with Gasteiger partial charge in [0.25, 0.3) is 0 Å². The van der Waals surface area contributed by atoms with E-state index in [2.05, 4.69) is 5.32 Å². The van der Waals surface area contributed by atoms with Gasteiger partial charge < -0.3 is 16.2 Å². The fraction of sp³-hybridized carbons (Fsp3) is 1.00. The van der Waals surface area contributed by atoms with Crippen molar-refractivity contribution in [3.05, 3.63) is 0 Å². The van der Waals surface area contributed by atoms with Crippen LogP contribution in [0.1, 0.15) is 13.3 Å². The zero-order valence-electron chi connectivity index (χ0n) is 5.93. The summed E-state index contributed by atoms with van der Waals surface area (Å²) in [5, 5.41) is 11.4. The molecule has 0 fully saturated rings. The Hall–Kier alpha value is -0.120. The van der Waals surface area contributed by atoms with Crippen LogP contribution in [0, 0.1) is 0 Å². The monoisotopic (exact) mass is 132 g/mol. The smallest absolute Gasteiger partial charge is 0.0555 e. The third-order valence-electron chi connectivity index (χ3n) is 1.07. The van der Waals surface area contributed by atoms with E-state index in [-0.39, 0.29) is 12.6 Å². The van der Waals surface area contributed by atoms with Crippen LogP contribution in [0.15, 0.2) is 0 Å². The average Bonchev–Trinajstić information content (AvgIpc) is 1.80. The molecule has 0 radical (unpaired) electrons. The summed E-state index contributed by atoms with van der Waals surface area (Å²) < 4.78 is 0. The third kappa shape index (κ3) is 7.88. The van der Waals surface area contributed by atoms with Gasteiger partial charge in [-0.3, -0.25) is 0 Å². The molecule has 56 valence electrons. The highest BCUT2D eigenvalue weighted by Crippen LogP contribution is 1.80. The molecular weight excluding hydrogens is 116 g/mol. The van der Waals surface area contributed by atoms with Crippen molar-refractivity contribution < 1.29 is 5.11 Å². The Morgan fingerprint density at radius 1 is 1.56 bits per heavy atom. The first kappa shape index (κ1) is 8.88. The lowest BCUT2D eigenvalue weighted by molar-refractivity contribution is 0.291. The topological polar surface area (TPSA) is 58.3 Å². The van der Waals surface area contributed by atoms with Gasteiger partial charge in [0.05, 0.1) is 6.61 Å². The Morgan fingerprint density at radius 2 is 2.22 bits per heavy atom. The lowest BCUT2D eigenvalue weighted by Crippen LogP contribution is -2.25. The summed E-state index contributed by atoms with van der Waals surface area (Å²) in [5.74, 6) is 0. The van der Waals surface area contributed by atoms with E-state index in [1.54, 1.807) is 0 Å². The number of nitrogens with two attached hydrogens (primary N) is 1. The minimum absolute atomic E-state index is 0.207. The number of hydrogen-bond donors (Lipinski definition) is 3. The van der Waals surface area contributed by atoms with Gasteiger partial charge in [-0.25, -0.2) is 0 Å². The molecule has 0 aromatic heterocycles. The van der Waals surface area contributed by atoms with E-state index in [0.29, 0.717) is 6.54 Å². The summed E-state index contributed by atoms with van der Waals surface area (Å²) in [6.07, 6.45) is 0.972. The van der Waals surface area contributed by atoms with E-state index in [4.69, 9.17) is 10.8 Å². The predicted octanol–water partition coefficient (Wildman–Crippen LogP) is -0.694. The van der Waals surface area contributed by atoms with Crippen molar-refractivity contribution in [2.75, 3.05) is 19.7 Å². The number of aliphatic hydroxyl groups is 1. The van der Waals surface area contributed by atoms with Crippen molar-refractivity contribution in [2.24, 2.45) is 5.73 Å². The van der Waals surface area contributed by atoms with Gasteiger partial charge in [0.15, 0.2) is 0 Å². The Morgan fingerprint density at radius 3 is 2.67 bits per heavy atom. The molecule has 0 aromatic rings. The minimum Gasteiger partial charge on any atom is -0.395 e. The number of nitrogens with one attached hydrogen (secondary N) is 1. The van der Waals surface area contributed by atoms with Gasteiger partial charge in [-0.1, -0.05) is 0 Å². The molecule has 0 aliphatic rings. The predicted molar refractivity (Wildman–Crippen MR) is 38.2 cm³/mol. The fourth-order valence-electron chi connectivity index (χ4n) is 0.534. The summed E-state index contributed by atoms with van der Waals surface area (Å²) in [4.78, 5) is 0. The van der Waals surface area contributed by atoms with E-state index in [0.717, 1.165) is 13.0 Å². The van der Waals surface area contributed by atoms with Gasteiger partial charge in [-0.05, 0) is 19.9 Å². The first-order chi connectivity index (χ1) is 4.27. The molecule has 9 heavy (non-hydrogen) atoms. The van der Waals surface area contributed by atoms with Gasteiger partial charge in [-0.2, -0.15) is 0 Å². The van der Waals surface area contributed by atoms with Crippen molar-refractivity contribution in [3.8, 4) is 0 Å². The lowest BCUT2D eigenvalue weighted by Gasteiger charge is -2.04. The van der Waals surface area contributed by atoms with Crippen molar-refractivity contribution in [2.45, 2.75) is 19.4 Å². The minimum atomic E-state index is 0.207. The second-order valence-electron chi connectivity index (χ2n) is 2.24. The maximum absolute atomic E-state index is 8.34. The normalized spacial score (nSPS) is 13.7. The van der Waals surface area contributed by atoms with Crippen LogP contribution in [0.2, 0.25) is 0 Å². The molecule has 1 unspecified atom stereocenters. The Bertz CT molecular complexity index is 57.0. The Kier molecular flexibility index (Phi) is 5.93. The van der Waals surface area contributed by atoms with Crippen LogP contribution in [0.25, 0.3) is 0 Å². The van der Waals surface area contributed by atoms with E-state index in [9.17, 15) is 0 Å². The fourth-order valence-corrected chi connectivity index (χ4v) is 0.534. The van der Waals surface area contributed by atoms with Gasteiger partial charge in [0, 0.05) is 12.6 Å². The summed E-state index contributed by atoms with van der Waals surface area (Å²) in [5.41, 5.74) is 5.47. The quantitative estimate of drug-likeness (QED) is 0.434. The summed E-state index contributed by atoms with van der Waals surface area (Å²) in [6.45, 7) is 3.75. The van der Waals surface area contributed by atoms with Crippen LogP contribution in [0.4, 0.5) is 0 Å². The SMILES string of the molecule is CC(N)CCNCCO. The molecule has 0 amide bonds. The summed E-state index contributed by atoms with van der Waals surface area (Å²) in [6, 6.07) is 0.260. The lowest BCUT2D eigenvalue weighted by atomic mass is 10.2. The molecule has 3 heteroatoms. The molecule has 1 atom stereocenters. The molecule has 3 nitrogen and oxygen atoms in total. The first-order valence-corrected chi connectivity index (χ1v) is 3.34. The van der Waals surface area contributed by atoms with Gasteiger partial charge in [0.2, 0.25) is 0 Å². The summed E-state index contributed by atoms with van der Waals surface area (Å²) in [7, 11) is 0. The molecule has 0 saturated heterocycles. The molecule has 0 aliphatic heterocycles. The van der Waals surface area contributed by atoms with Crippen molar-refractivity contribution >= 4 is 0 Å². The second kappa shape index (κ2) is 6.01. The number of hydrogen-bond acceptors (Lipinski definition) is 3. The maximum atomic E-state index is 8.34. The van der Waals surface area contributed by atoms with Crippen molar-refractivity contribution in [1.82, 2.24) is 5.32 Å². The molecule has 0 rings (SSSR count). The average molecular weight is 132 g/mol. The number of aliphatic hydroxyl groups excluding tert-OH is 1. The molecule has 4 N–H and O–H groups in total. The van der Waals surface area contributed by atoms with Crippen LogP contribution in [0.5, 0.6) is 0 Å². The molecule has 0 bridgehead atoms.